The molecular weight excluding hydrogens is 214 g/mol. The van der Waals surface area contributed by atoms with Crippen molar-refractivity contribution in [2.75, 3.05) is 0 Å². The third kappa shape index (κ3) is 2.84. The Kier molecular flexibility index (Phi) is 3.72. The molecule has 6 nitrogen and oxygen atoms in total. The van der Waals surface area contributed by atoms with Crippen LogP contribution in [0.2, 0.25) is 0 Å². The number of carbonyl (C=O) groups is 1. The summed E-state index contributed by atoms with van der Waals surface area (Å²) in [6, 6.07) is 0. The fourth-order valence-corrected chi connectivity index (χ4v) is 2.19. The maximum absolute atomic E-state index is 11.0. The summed E-state index contributed by atoms with van der Waals surface area (Å²) in [5.74, 6) is -0.747. The number of hydrogen-bond donors (Lipinski definition) is 1. The molecule has 0 saturated heterocycles. The first kappa shape index (κ1) is 12.7. The molecule has 0 spiro atoms. The van der Waals surface area contributed by atoms with Crippen LogP contribution >= 0.6 is 0 Å². The number of aliphatic carboxylic acids is 1. The van der Waals surface area contributed by atoms with Crippen molar-refractivity contribution in [1.29, 1.82) is 0 Å². The molecule has 0 aromatic heterocycles. The third-order valence-electron chi connectivity index (χ3n) is 3.48. The summed E-state index contributed by atoms with van der Waals surface area (Å²) in [6.45, 7) is 3.41. The highest BCUT2D eigenvalue weighted by Gasteiger charge is 2.39. The van der Waals surface area contributed by atoms with E-state index in [1.165, 1.54) is 0 Å². The van der Waals surface area contributed by atoms with Gasteiger partial charge in [0.25, 0.3) is 5.09 Å². The summed E-state index contributed by atoms with van der Waals surface area (Å²) >= 11 is 0. The van der Waals surface area contributed by atoms with Crippen molar-refractivity contribution in [1.82, 2.24) is 0 Å². The van der Waals surface area contributed by atoms with E-state index in [-0.39, 0.29) is 12.0 Å². The summed E-state index contributed by atoms with van der Waals surface area (Å²) in [6.07, 6.45) is 2.08. The van der Waals surface area contributed by atoms with Gasteiger partial charge in [-0.3, -0.25) is 4.79 Å². The van der Waals surface area contributed by atoms with Crippen LogP contribution in [0.4, 0.5) is 0 Å². The van der Waals surface area contributed by atoms with E-state index in [0.717, 1.165) is 0 Å². The monoisotopic (exact) mass is 231 g/mol. The lowest BCUT2D eigenvalue weighted by molar-refractivity contribution is -0.769. The van der Waals surface area contributed by atoms with Crippen molar-refractivity contribution in [3.8, 4) is 0 Å². The molecule has 0 bridgehead atoms. The van der Waals surface area contributed by atoms with Crippen molar-refractivity contribution < 1.29 is 19.8 Å². The van der Waals surface area contributed by atoms with Gasteiger partial charge in [-0.2, -0.15) is 0 Å². The van der Waals surface area contributed by atoms with Gasteiger partial charge in [0, 0.05) is 0 Å². The minimum absolute atomic E-state index is 0.0663. The van der Waals surface area contributed by atoms with Crippen LogP contribution in [0.5, 0.6) is 0 Å². The molecule has 16 heavy (non-hydrogen) atoms. The van der Waals surface area contributed by atoms with E-state index in [4.69, 9.17) is 5.11 Å². The first-order valence-corrected chi connectivity index (χ1v) is 5.38. The zero-order valence-electron chi connectivity index (χ0n) is 9.51. The Bertz CT molecular complexity index is 281. The van der Waals surface area contributed by atoms with E-state index in [1.807, 2.05) is 0 Å². The SMILES string of the molecule is CC(C)(C(=O)O)C1CCC(O[N+](=O)[O-])CC1. The van der Waals surface area contributed by atoms with E-state index < -0.39 is 16.5 Å². The van der Waals surface area contributed by atoms with E-state index >= 15 is 0 Å². The third-order valence-corrected chi connectivity index (χ3v) is 3.48. The molecule has 0 amide bonds. The summed E-state index contributed by atoms with van der Waals surface area (Å²) in [5.41, 5.74) is -0.764. The van der Waals surface area contributed by atoms with Gasteiger partial charge in [-0.1, -0.05) is 0 Å². The van der Waals surface area contributed by atoms with E-state index in [0.29, 0.717) is 25.7 Å². The molecule has 1 aliphatic carbocycles. The van der Waals surface area contributed by atoms with Crippen LogP contribution in [0.3, 0.4) is 0 Å². The van der Waals surface area contributed by atoms with E-state index in [1.54, 1.807) is 13.8 Å². The Labute approximate surface area is 93.7 Å². The number of nitrogens with zero attached hydrogens (tertiary/aromatic N) is 1. The average Bonchev–Trinajstić information content (AvgIpc) is 2.17. The zero-order valence-corrected chi connectivity index (χ0v) is 9.51. The van der Waals surface area contributed by atoms with Gasteiger partial charge < -0.3 is 9.94 Å². The van der Waals surface area contributed by atoms with Crippen LogP contribution in [0.1, 0.15) is 39.5 Å². The quantitative estimate of drug-likeness (QED) is 0.589. The molecule has 0 aliphatic heterocycles. The molecule has 0 aromatic rings. The Hall–Kier alpha value is -1.33. The summed E-state index contributed by atoms with van der Waals surface area (Å²) < 4.78 is 0. The molecule has 0 heterocycles. The molecular formula is C10H17NO5. The molecule has 1 rings (SSSR count). The van der Waals surface area contributed by atoms with Gasteiger partial charge in [-0.05, 0) is 45.4 Å². The van der Waals surface area contributed by atoms with Crippen LogP contribution < -0.4 is 0 Å². The predicted molar refractivity (Wildman–Crippen MR) is 55.2 cm³/mol. The Morgan fingerprint density at radius 1 is 1.38 bits per heavy atom. The fraction of sp³-hybridized carbons (Fsp3) is 0.900. The smallest absolute Gasteiger partial charge is 0.309 e. The summed E-state index contributed by atoms with van der Waals surface area (Å²) in [5, 5.41) is 18.4. The van der Waals surface area contributed by atoms with Crippen molar-refractivity contribution >= 4 is 5.97 Å². The minimum Gasteiger partial charge on any atom is -0.481 e. The summed E-state index contributed by atoms with van der Waals surface area (Å²) in [7, 11) is 0. The first-order chi connectivity index (χ1) is 7.34. The molecule has 6 heteroatoms. The second-order valence-electron chi connectivity index (χ2n) is 4.83. The summed E-state index contributed by atoms with van der Waals surface area (Å²) in [4.78, 5) is 25.7. The second-order valence-corrected chi connectivity index (χ2v) is 4.83. The van der Waals surface area contributed by atoms with Crippen molar-refractivity contribution in [2.45, 2.75) is 45.6 Å². The van der Waals surface area contributed by atoms with Crippen LogP contribution in [-0.4, -0.2) is 22.3 Å². The van der Waals surface area contributed by atoms with Crippen molar-refractivity contribution in [3.63, 3.8) is 0 Å². The molecule has 0 unspecified atom stereocenters. The standard InChI is InChI=1S/C10H17NO5/c1-10(2,9(12)13)7-3-5-8(6-4-7)16-11(14)15/h7-8H,3-6H2,1-2H3,(H,12,13). The highest BCUT2D eigenvalue weighted by Crippen LogP contribution is 2.39. The normalized spacial score (nSPS) is 26.1. The molecule has 1 fully saturated rings. The average molecular weight is 231 g/mol. The van der Waals surface area contributed by atoms with Crippen LogP contribution in [0.15, 0.2) is 0 Å². The molecule has 0 radical (unpaired) electrons. The van der Waals surface area contributed by atoms with Crippen molar-refractivity contribution in [2.24, 2.45) is 11.3 Å². The molecule has 92 valence electrons. The highest BCUT2D eigenvalue weighted by atomic mass is 17.0. The van der Waals surface area contributed by atoms with Crippen LogP contribution in [0.25, 0.3) is 0 Å². The Balaban J connectivity index is 2.49. The lowest BCUT2D eigenvalue weighted by Gasteiger charge is -2.35. The molecule has 1 saturated carbocycles. The van der Waals surface area contributed by atoms with Crippen molar-refractivity contribution in [3.05, 3.63) is 10.1 Å². The van der Waals surface area contributed by atoms with Gasteiger partial charge in [0.2, 0.25) is 0 Å². The number of rotatable bonds is 4. The molecule has 1 aliphatic rings. The largest absolute Gasteiger partial charge is 0.481 e. The van der Waals surface area contributed by atoms with Gasteiger partial charge in [-0.15, -0.1) is 10.1 Å². The Morgan fingerprint density at radius 2 is 1.88 bits per heavy atom. The van der Waals surface area contributed by atoms with Gasteiger partial charge in [0.15, 0.2) is 0 Å². The van der Waals surface area contributed by atoms with Gasteiger partial charge in [0.05, 0.1) is 5.41 Å². The van der Waals surface area contributed by atoms with Gasteiger partial charge >= 0.3 is 5.97 Å². The maximum atomic E-state index is 11.0. The first-order valence-electron chi connectivity index (χ1n) is 5.38. The predicted octanol–water partition coefficient (Wildman–Crippen LogP) is 1.86. The number of carboxylic acid groups (broad SMARTS) is 1. The van der Waals surface area contributed by atoms with Gasteiger partial charge in [-0.25, -0.2) is 0 Å². The minimum atomic E-state index is -0.814. The second kappa shape index (κ2) is 4.67. The van der Waals surface area contributed by atoms with E-state index in [2.05, 4.69) is 4.84 Å². The highest BCUT2D eigenvalue weighted by molar-refractivity contribution is 5.74. The number of carboxylic acids is 1. The topological polar surface area (TPSA) is 89.7 Å². The fourth-order valence-electron chi connectivity index (χ4n) is 2.19. The lowest BCUT2D eigenvalue weighted by Crippen LogP contribution is -2.37. The molecule has 0 atom stereocenters. The van der Waals surface area contributed by atoms with Gasteiger partial charge in [0.1, 0.15) is 6.10 Å². The maximum Gasteiger partial charge on any atom is 0.309 e. The van der Waals surface area contributed by atoms with E-state index in [9.17, 15) is 14.9 Å². The lowest BCUT2D eigenvalue weighted by atomic mass is 9.70. The Morgan fingerprint density at radius 3 is 2.25 bits per heavy atom. The molecule has 1 N–H and O–H groups in total. The van der Waals surface area contributed by atoms with Crippen LogP contribution in [0, 0.1) is 21.4 Å². The van der Waals surface area contributed by atoms with Crippen LogP contribution in [-0.2, 0) is 9.63 Å². The zero-order chi connectivity index (χ0) is 12.3. The number of hydrogen-bond acceptors (Lipinski definition) is 4. The molecule has 0 aromatic carbocycles.